The summed E-state index contributed by atoms with van der Waals surface area (Å²) in [5.41, 5.74) is 6.18. The smallest absolute Gasteiger partial charge is 0.274 e. The molecule has 0 saturated heterocycles. The van der Waals surface area contributed by atoms with Gasteiger partial charge in [-0.15, -0.1) is 0 Å². The average Bonchev–Trinajstić information content (AvgIpc) is 2.41. The third kappa shape index (κ3) is 2.84. The van der Waals surface area contributed by atoms with Crippen molar-refractivity contribution in [2.45, 2.75) is 0 Å². The minimum atomic E-state index is -0.678. The van der Waals surface area contributed by atoms with Gasteiger partial charge in [-0.1, -0.05) is 0 Å². The molecule has 0 fully saturated rings. The fraction of sp³-hybridized carbons (Fsp3) is 0. The van der Waals surface area contributed by atoms with Crippen molar-refractivity contribution in [1.82, 2.24) is 4.98 Å². The second-order valence-corrected chi connectivity index (χ2v) is 3.74. The Kier molecular flexibility index (Phi) is 3.39. The van der Waals surface area contributed by atoms with Gasteiger partial charge in [0.2, 0.25) is 0 Å². The Bertz CT molecular complexity index is 661. The van der Waals surface area contributed by atoms with Crippen molar-refractivity contribution in [3.63, 3.8) is 0 Å². The van der Waals surface area contributed by atoms with Gasteiger partial charge in [0, 0.05) is 0 Å². The summed E-state index contributed by atoms with van der Waals surface area (Å²) in [4.78, 5) is 15.6. The number of nitrogens with two attached hydrogens (primary N) is 1. The summed E-state index contributed by atoms with van der Waals surface area (Å²) in [7, 11) is 0. The second kappa shape index (κ2) is 5.14. The lowest BCUT2D eigenvalue weighted by Crippen LogP contribution is -2.14. The monoisotopic (exact) mass is 256 g/mol. The van der Waals surface area contributed by atoms with Crippen LogP contribution in [0.2, 0.25) is 0 Å². The van der Waals surface area contributed by atoms with E-state index in [9.17, 15) is 9.18 Å². The van der Waals surface area contributed by atoms with Gasteiger partial charge >= 0.3 is 0 Å². The third-order valence-electron chi connectivity index (χ3n) is 2.37. The van der Waals surface area contributed by atoms with Gasteiger partial charge in [-0.05, 0) is 30.3 Å². The van der Waals surface area contributed by atoms with Crippen molar-refractivity contribution < 1.29 is 9.18 Å². The van der Waals surface area contributed by atoms with Crippen LogP contribution < -0.4 is 11.1 Å². The van der Waals surface area contributed by atoms with E-state index in [-0.39, 0.29) is 16.9 Å². The quantitative estimate of drug-likeness (QED) is 0.858. The molecule has 0 aliphatic heterocycles. The van der Waals surface area contributed by atoms with Crippen LogP contribution >= 0.6 is 0 Å². The van der Waals surface area contributed by atoms with Crippen molar-refractivity contribution in [3.05, 3.63) is 53.6 Å². The lowest BCUT2D eigenvalue weighted by Gasteiger charge is -2.06. The van der Waals surface area contributed by atoms with Gasteiger partial charge in [-0.3, -0.25) is 4.79 Å². The number of nitriles is 1. The maximum absolute atomic E-state index is 13.6. The number of pyridine rings is 1. The van der Waals surface area contributed by atoms with E-state index in [4.69, 9.17) is 11.0 Å². The molecule has 3 N–H and O–H groups in total. The number of rotatable bonds is 2. The van der Waals surface area contributed by atoms with Crippen molar-refractivity contribution in [1.29, 1.82) is 5.26 Å². The molecule has 0 bridgehead atoms. The van der Waals surface area contributed by atoms with E-state index in [0.717, 1.165) is 6.07 Å². The minimum absolute atomic E-state index is 0.0115. The first kappa shape index (κ1) is 12.5. The average molecular weight is 256 g/mol. The molecule has 0 spiro atoms. The topological polar surface area (TPSA) is 91.8 Å². The molecule has 0 unspecified atom stereocenters. The van der Waals surface area contributed by atoms with Crippen LogP contribution in [0.3, 0.4) is 0 Å². The summed E-state index contributed by atoms with van der Waals surface area (Å²) in [6.07, 6.45) is 1.34. The Morgan fingerprint density at radius 3 is 2.74 bits per heavy atom. The molecule has 0 aliphatic rings. The summed E-state index contributed by atoms with van der Waals surface area (Å²) >= 11 is 0. The Morgan fingerprint density at radius 1 is 1.37 bits per heavy atom. The highest BCUT2D eigenvalue weighted by atomic mass is 19.1. The lowest BCUT2D eigenvalue weighted by atomic mass is 10.2. The molecule has 6 heteroatoms. The molecule has 19 heavy (non-hydrogen) atoms. The molecule has 1 aromatic carbocycles. The van der Waals surface area contributed by atoms with Crippen molar-refractivity contribution in [2.24, 2.45) is 0 Å². The largest absolute Gasteiger partial charge is 0.397 e. The van der Waals surface area contributed by atoms with Crippen LogP contribution in [0.15, 0.2) is 36.5 Å². The Labute approximate surface area is 108 Å². The standard InChI is InChI=1S/C13H9FN4O/c14-10-5-8(6-15)1-3-11(10)18-13(19)12-4-2-9(16)7-17-12/h1-5,7H,16H2,(H,18,19). The first-order valence-corrected chi connectivity index (χ1v) is 5.32. The molecule has 0 saturated carbocycles. The number of nitrogen functional groups attached to an aromatic ring is 1. The van der Waals surface area contributed by atoms with Crippen LogP contribution in [0.25, 0.3) is 0 Å². The number of carbonyl (C=O) groups excluding carboxylic acids is 1. The van der Waals surface area contributed by atoms with Crippen molar-refractivity contribution in [3.8, 4) is 6.07 Å². The van der Waals surface area contributed by atoms with Crippen LogP contribution in [0.4, 0.5) is 15.8 Å². The van der Waals surface area contributed by atoms with Crippen LogP contribution in [0, 0.1) is 17.1 Å². The summed E-state index contributed by atoms with van der Waals surface area (Å²) in [5, 5.41) is 11.0. The molecule has 1 aromatic heterocycles. The van der Waals surface area contributed by atoms with Crippen LogP contribution in [0.1, 0.15) is 16.1 Å². The molecule has 0 aliphatic carbocycles. The zero-order chi connectivity index (χ0) is 13.8. The summed E-state index contributed by atoms with van der Waals surface area (Å²) < 4.78 is 13.6. The van der Waals surface area contributed by atoms with Gasteiger partial charge in [-0.25, -0.2) is 9.37 Å². The Morgan fingerprint density at radius 2 is 2.16 bits per heavy atom. The van der Waals surface area contributed by atoms with Gasteiger partial charge in [0.15, 0.2) is 0 Å². The van der Waals surface area contributed by atoms with E-state index in [1.54, 1.807) is 0 Å². The number of carbonyl (C=O) groups is 1. The van der Waals surface area contributed by atoms with Gasteiger partial charge < -0.3 is 11.1 Å². The molecular formula is C13H9FN4O. The first-order chi connectivity index (χ1) is 9.10. The van der Waals surface area contributed by atoms with Crippen LogP contribution in [-0.4, -0.2) is 10.9 Å². The summed E-state index contributed by atoms with van der Waals surface area (Å²) in [5.74, 6) is -1.23. The molecule has 1 heterocycles. The number of nitrogens with zero attached hydrogens (tertiary/aromatic N) is 2. The maximum atomic E-state index is 13.6. The molecule has 1 amide bonds. The van der Waals surface area contributed by atoms with Gasteiger partial charge in [-0.2, -0.15) is 5.26 Å². The van der Waals surface area contributed by atoms with E-state index in [0.29, 0.717) is 5.69 Å². The molecule has 94 valence electrons. The minimum Gasteiger partial charge on any atom is -0.397 e. The van der Waals surface area contributed by atoms with E-state index < -0.39 is 11.7 Å². The number of aromatic nitrogens is 1. The van der Waals surface area contributed by atoms with E-state index in [2.05, 4.69) is 10.3 Å². The number of amides is 1. The third-order valence-corrected chi connectivity index (χ3v) is 2.37. The molecule has 5 nitrogen and oxygen atoms in total. The number of anilines is 2. The van der Waals surface area contributed by atoms with E-state index in [1.165, 1.54) is 30.5 Å². The number of nitrogens with one attached hydrogen (secondary N) is 1. The highest BCUT2D eigenvalue weighted by Gasteiger charge is 2.10. The molecular weight excluding hydrogens is 247 g/mol. The lowest BCUT2D eigenvalue weighted by molar-refractivity contribution is 0.102. The SMILES string of the molecule is N#Cc1ccc(NC(=O)c2ccc(N)cn2)c(F)c1. The van der Waals surface area contributed by atoms with Crippen molar-refractivity contribution >= 4 is 17.3 Å². The molecule has 0 atom stereocenters. The normalized spacial score (nSPS) is 9.68. The maximum Gasteiger partial charge on any atom is 0.274 e. The van der Waals surface area contributed by atoms with Crippen LogP contribution in [0.5, 0.6) is 0 Å². The fourth-order valence-corrected chi connectivity index (χ4v) is 1.41. The molecule has 2 aromatic rings. The number of benzene rings is 1. The zero-order valence-corrected chi connectivity index (χ0v) is 9.72. The second-order valence-electron chi connectivity index (χ2n) is 3.74. The summed E-state index contributed by atoms with van der Waals surface area (Å²) in [6.45, 7) is 0. The summed E-state index contributed by atoms with van der Waals surface area (Å²) in [6, 6.07) is 8.55. The predicted molar refractivity (Wildman–Crippen MR) is 67.7 cm³/mol. The number of hydrogen-bond acceptors (Lipinski definition) is 4. The highest BCUT2D eigenvalue weighted by molar-refractivity contribution is 6.03. The van der Waals surface area contributed by atoms with Crippen LogP contribution in [-0.2, 0) is 0 Å². The van der Waals surface area contributed by atoms with Gasteiger partial charge in [0.25, 0.3) is 5.91 Å². The van der Waals surface area contributed by atoms with Gasteiger partial charge in [0.05, 0.1) is 29.2 Å². The first-order valence-electron chi connectivity index (χ1n) is 5.32. The van der Waals surface area contributed by atoms with Crippen molar-refractivity contribution in [2.75, 3.05) is 11.1 Å². The molecule has 0 radical (unpaired) electrons. The highest BCUT2D eigenvalue weighted by Crippen LogP contribution is 2.16. The van der Waals surface area contributed by atoms with E-state index >= 15 is 0 Å². The zero-order valence-electron chi connectivity index (χ0n) is 9.72. The van der Waals surface area contributed by atoms with Gasteiger partial charge in [0.1, 0.15) is 11.5 Å². The number of hydrogen-bond donors (Lipinski definition) is 2. The predicted octanol–water partition coefficient (Wildman–Crippen LogP) is 1.93. The Hall–Kier alpha value is -2.94. The fourth-order valence-electron chi connectivity index (χ4n) is 1.41. The Balaban J connectivity index is 2.20. The molecule has 2 rings (SSSR count). The van der Waals surface area contributed by atoms with E-state index in [1.807, 2.05) is 6.07 Å². The number of halogens is 1.